The van der Waals surface area contributed by atoms with E-state index in [1.807, 2.05) is 10.6 Å². The van der Waals surface area contributed by atoms with E-state index in [1.165, 1.54) is 18.2 Å². The van der Waals surface area contributed by atoms with Crippen LogP contribution in [0.25, 0.3) is 10.9 Å². The van der Waals surface area contributed by atoms with Crippen LogP contribution in [-0.4, -0.2) is 15.6 Å². The molecule has 4 rings (SSSR count). The first-order chi connectivity index (χ1) is 14.8. The highest BCUT2D eigenvalue weighted by molar-refractivity contribution is 9.10. The predicted molar refractivity (Wildman–Crippen MR) is 118 cm³/mol. The summed E-state index contributed by atoms with van der Waals surface area (Å²) < 4.78 is 36.2. The van der Waals surface area contributed by atoms with Crippen molar-refractivity contribution in [1.29, 1.82) is 0 Å². The van der Waals surface area contributed by atoms with Gasteiger partial charge in [-0.2, -0.15) is 0 Å². The maximum absolute atomic E-state index is 14.0. The van der Waals surface area contributed by atoms with E-state index in [9.17, 15) is 18.7 Å². The van der Waals surface area contributed by atoms with Gasteiger partial charge < -0.3 is 14.4 Å². The van der Waals surface area contributed by atoms with Gasteiger partial charge in [0.2, 0.25) is 0 Å². The Hall–Kier alpha value is -2.90. The number of ether oxygens (including phenoxy) is 1. The molecule has 0 spiro atoms. The molecule has 0 fully saturated rings. The molecule has 0 amide bonds. The van der Waals surface area contributed by atoms with Crippen LogP contribution < -0.4 is 4.74 Å². The summed E-state index contributed by atoms with van der Waals surface area (Å²) in [5.41, 5.74) is 1.42. The van der Waals surface area contributed by atoms with Crippen LogP contribution >= 0.6 is 27.5 Å². The fourth-order valence-corrected chi connectivity index (χ4v) is 4.43. The quantitative estimate of drug-likeness (QED) is 0.318. The standard InChI is InChI=1S/C23H15BrClF2NO3/c24-18-10-14(25)9-13(22(18)31-12-17-19(26)4-2-5-20(17)27)11-28-8-7-15-16(23(29)30)3-1-6-21(15)28/h1-10H,11-12H2,(H,29,30). The number of carbonyl (C=O) groups is 1. The van der Waals surface area contributed by atoms with Crippen LogP contribution in [0.4, 0.5) is 8.78 Å². The monoisotopic (exact) mass is 505 g/mol. The molecule has 0 bridgehead atoms. The molecule has 3 aromatic carbocycles. The largest absolute Gasteiger partial charge is 0.487 e. The summed E-state index contributed by atoms with van der Waals surface area (Å²) in [5, 5.41) is 10.5. The summed E-state index contributed by atoms with van der Waals surface area (Å²) in [6.07, 6.45) is 1.77. The van der Waals surface area contributed by atoms with Crippen molar-refractivity contribution < 1.29 is 23.4 Å². The Morgan fingerprint density at radius 1 is 1.10 bits per heavy atom. The van der Waals surface area contributed by atoms with Gasteiger partial charge in [0.1, 0.15) is 24.0 Å². The average molecular weight is 507 g/mol. The zero-order valence-corrected chi connectivity index (χ0v) is 18.3. The molecule has 1 N–H and O–H groups in total. The van der Waals surface area contributed by atoms with Crippen LogP contribution in [0.2, 0.25) is 5.02 Å². The first-order valence-electron chi connectivity index (χ1n) is 9.20. The minimum absolute atomic E-state index is 0.173. The van der Waals surface area contributed by atoms with Gasteiger partial charge >= 0.3 is 5.97 Å². The molecule has 8 heteroatoms. The molecule has 31 heavy (non-hydrogen) atoms. The lowest BCUT2D eigenvalue weighted by Gasteiger charge is -2.16. The van der Waals surface area contributed by atoms with Gasteiger partial charge in [0.15, 0.2) is 0 Å². The lowest BCUT2D eigenvalue weighted by atomic mass is 10.1. The van der Waals surface area contributed by atoms with Crippen LogP contribution in [0.15, 0.2) is 65.3 Å². The maximum atomic E-state index is 14.0. The number of hydrogen-bond acceptors (Lipinski definition) is 2. The number of aromatic nitrogens is 1. The highest BCUT2D eigenvalue weighted by Gasteiger charge is 2.16. The van der Waals surface area contributed by atoms with Gasteiger partial charge in [-0.3, -0.25) is 0 Å². The summed E-state index contributed by atoms with van der Waals surface area (Å²) in [7, 11) is 0. The third kappa shape index (κ3) is 4.29. The highest BCUT2D eigenvalue weighted by Crippen LogP contribution is 2.35. The second kappa shape index (κ2) is 8.69. The van der Waals surface area contributed by atoms with Crippen LogP contribution in [0.3, 0.4) is 0 Å². The zero-order chi connectivity index (χ0) is 22.1. The van der Waals surface area contributed by atoms with Crippen LogP contribution in [0.1, 0.15) is 21.5 Å². The molecule has 0 atom stereocenters. The molecule has 0 saturated heterocycles. The Balaban J connectivity index is 1.70. The zero-order valence-electron chi connectivity index (χ0n) is 15.9. The Kier molecular flexibility index (Phi) is 5.98. The van der Waals surface area contributed by atoms with Crippen molar-refractivity contribution in [2.45, 2.75) is 13.2 Å². The number of carboxylic acid groups (broad SMARTS) is 1. The van der Waals surface area contributed by atoms with Gasteiger partial charge in [-0.1, -0.05) is 23.7 Å². The second-order valence-electron chi connectivity index (χ2n) is 6.85. The van der Waals surface area contributed by atoms with E-state index in [0.717, 1.165) is 5.52 Å². The summed E-state index contributed by atoms with van der Waals surface area (Å²) in [6.45, 7) is 0.00213. The van der Waals surface area contributed by atoms with Crippen LogP contribution in [0.5, 0.6) is 5.75 Å². The van der Waals surface area contributed by atoms with Crippen molar-refractivity contribution in [2.75, 3.05) is 0 Å². The molecule has 4 nitrogen and oxygen atoms in total. The summed E-state index contributed by atoms with van der Waals surface area (Å²) in [6, 6.07) is 13.7. The Labute approximate surface area is 189 Å². The molecule has 0 aliphatic rings. The van der Waals surface area contributed by atoms with E-state index in [4.69, 9.17) is 16.3 Å². The van der Waals surface area contributed by atoms with Crippen LogP contribution in [0, 0.1) is 11.6 Å². The van der Waals surface area contributed by atoms with E-state index in [0.29, 0.717) is 32.7 Å². The van der Waals surface area contributed by atoms with Crippen molar-refractivity contribution in [3.05, 3.63) is 98.6 Å². The Morgan fingerprint density at radius 3 is 2.52 bits per heavy atom. The summed E-state index contributed by atoms with van der Waals surface area (Å²) in [5.74, 6) is -2.00. The molecule has 4 aromatic rings. The minimum atomic E-state index is -1.01. The van der Waals surface area contributed by atoms with Crippen molar-refractivity contribution >= 4 is 44.4 Å². The van der Waals surface area contributed by atoms with Crippen molar-refractivity contribution in [1.82, 2.24) is 4.57 Å². The smallest absolute Gasteiger partial charge is 0.336 e. The van der Waals surface area contributed by atoms with Gasteiger partial charge in [-0.15, -0.1) is 0 Å². The molecule has 1 aromatic heterocycles. The SMILES string of the molecule is O=C(O)c1cccc2c1ccn2Cc1cc(Cl)cc(Br)c1OCc1c(F)cccc1F. The first kappa shape index (κ1) is 21.3. The molecule has 1 heterocycles. The van der Waals surface area contributed by atoms with Gasteiger partial charge in [0.25, 0.3) is 0 Å². The van der Waals surface area contributed by atoms with E-state index in [2.05, 4.69) is 15.9 Å². The molecular formula is C23H15BrClF2NO3. The van der Waals surface area contributed by atoms with Crippen molar-refractivity contribution in [3.8, 4) is 5.75 Å². The second-order valence-corrected chi connectivity index (χ2v) is 8.14. The minimum Gasteiger partial charge on any atom is -0.487 e. The third-order valence-corrected chi connectivity index (χ3v) is 5.70. The Bertz CT molecular complexity index is 1290. The molecule has 0 saturated carbocycles. The number of nitrogens with zero attached hydrogens (tertiary/aromatic N) is 1. The van der Waals surface area contributed by atoms with Crippen molar-refractivity contribution in [2.24, 2.45) is 0 Å². The number of halogens is 4. The predicted octanol–water partition coefficient (Wildman–Crippen LogP) is 6.66. The Morgan fingerprint density at radius 2 is 1.81 bits per heavy atom. The number of hydrogen-bond donors (Lipinski definition) is 1. The molecular weight excluding hydrogens is 492 g/mol. The fraction of sp³-hybridized carbons (Fsp3) is 0.0870. The average Bonchev–Trinajstić information content (AvgIpc) is 3.12. The molecule has 0 unspecified atom stereocenters. The van der Waals surface area contributed by atoms with E-state index in [-0.39, 0.29) is 17.7 Å². The lowest BCUT2D eigenvalue weighted by molar-refractivity contribution is 0.0699. The summed E-state index contributed by atoms with van der Waals surface area (Å²) >= 11 is 9.63. The van der Waals surface area contributed by atoms with Gasteiger partial charge in [0.05, 0.1) is 22.1 Å². The fourth-order valence-electron chi connectivity index (χ4n) is 3.44. The number of rotatable bonds is 6. The summed E-state index contributed by atoms with van der Waals surface area (Å²) in [4.78, 5) is 11.5. The first-order valence-corrected chi connectivity index (χ1v) is 10.4. The number of benzene rings is 3. The van der Waals surface area contributed by atoms with Gasteiger partial charge in [-0.25, -0.2) is 13.6 Å². The number of aromatic carboxylic acids is 1. The van der Waals surface area contributed by atoms with E-state index < -0.39 is 17.6 Å². The third-order valence-electron chi connectivity index (χ3n) is 4.89. The molecule has 0 radical (unpaired) electrons. The van der Waals surface area contributed by atoms with Gasteiger partial charge in [0, 0.05) is 27.7 Å². The van der Waals surface area contributed by atoms with Gasteiger partial charge in [-0.05, 0) is 58.4 Å². The van der Waals surface area contributed by atoms with E-state index in [1.54, 1.807) is 36.5 Å². The number of fused-ring (bicyclic) bond motifs is 1. The molecule has 0 aliphatic carbocycles. The van der Waals surface area contributed by atoms with Crippen LogP contribution in [-0.2, 0) is 13.2 Å². The normalized spacial score (nSPS) is 11.1. The number of carboxylic acids is 1. The highest BCUT2D eigenvalue weighted by atomic mass is 79.9. The topological polar surface area (TPSA) is 51.5 Å². The molecule has 158 valence electrons. The molecule has 0 aliphatic heterocycles. The lowest BCUT2D eigenvalue weighted by Crippen LogP contribution is -2.06. The van der Waals surface area contributed by atoms with E-state index >= 15 is 0 Å². The van der Waals surface area contributed by atoms with Crippen molar-refractivity contribution in [3.63, 3.8) is 0 Å². The maximum Gasteiger partial charge on any atom is 0.336 e.